The fraction of sp³-hybridized carbons (Fsp3) is 0.571. The van der Waals surface area contributed by atoms with Gasteiger partial charge in [-0.3, -0.25) is 4.79 Å². The Bertz CT molecular complexity index is 138. The fourth-order valence-electron chi connectivity index (χ4n) is 0.489. The van der Waals surface area contributed by atoms with E-state index in [0.29, 0.717) is 5.57 Å². The van der Waals surface area contributed by atoms with Crippen LogP contribution in [0.3, 0.4) is 0 Å². The van der Waals surface area contributed by atoms with Gasteiger partial charge in [-0.1, -0.05) is 20.4 Å². The van der Waals surface area contributed by atoms with E-state index in [1.165, 1.54) is 0 Å². The van der Waals surface area contributed by atoms with Crippen LogP contribution in [0.5, 0.6) is 0 Å². The summed E-state index contributed by atoms with van der Waals surface area (Å²) in [5.74, 6) is -0.160. The first-order chi connectivity index (χ1) is 4.09. The molecule has 0 radical (unpaired) electrons. The number of rotatable bonds is 3. The van der Waals surface area contributed by atoms with Gasteiger partial charge in [0.2, 0.25) is 5.91 Å². The van der Waals surface area contributed by atoms with E-state index in [2.05, 4.69) is 6.58 Å². The van der Waals surface area contributed by atoms with E-state index in [1.54, 1.807) is 0 Å². The van der Waals surface area contributed by atoms with Crippen LogP contribution in [-0.2, 0) is 4.79 Å². The molecule has 54 valence electrons. The Balaban J connectivity index is -0.000000320. The number of nitrogens with two attached hydrogens (primary N) is 1. The quantitative estimate of drug-likeness (QED) is 0.375. The maximum atomic E-state index is 10.4. The molecule has 0 fully saturated rings. The van der Waals surface area contributed by atoms with Crippen LogP contribution in [0.1, 0.15) is 21.7 Å². The Labute approximate surface area is 85.6 Å². The number of primary amides is 1. The maximum absolute atomic E-state index is 10.4. The van der Waals surface area contributed by atoms with E-state index in [-0.39, 0.29) is 42.8 Å². The van der Waals surface area contributed by atoms with Crippen molar-refractivity contribution in [2.75, 3.05) is 0 Å². The molecular weight excluding hydrogens is 137 g/mol. The second-order valence-corrected chi connectivity index (χ2v) is 2.20. The third-order valence-electron chi connectivity index (χ3n) is 1.52. The van der Waals surface area contributed by atoms with Crippen LogP contribution in [0, 0.1) is 5.92 Å². The van der Waals surface area contributed by atoms with Gasteiger partial charge in [0.25, 0.3) is 0 Å². The Kier molecular flexibility index (Phi) is 7.65. The molecule has 0 aliphatic rings. The minimum atomic E-state index is -0.385. The molecule has 0 bridgehead atoms. The summed E-state index contributed by atoms with van der Waals surface area (Å²) in [5.41, 5.74) is 5.50. The molecule has 0 aliphatic heterocycles. The fourth-order valence-corrected chi connectivity index (χ4v) is 0.489. The zero-order chi connectivity index (χ0) is 7.44. The molecule has 2 nitrogen and oxygen atoms in total. The second kappa shape index (κ2) is 5.96. The van der Waals surface area contributed by atoms with Crippen molar-refractivity contribution < 1.29 is 35.8 Å². The van der Waals surface area contributed by atoms with Crippen molar-refractivity contribution in [3.63, 3.8) is 0 Å². The summed E-state index contributed by atoms with van der Waals surface area (Å²) in [6, 6.07) is 0. The molecule has 2 N–H and O–H groups in total. The Morgan fingerprint density at radius 2 is 2.20 bits per heavy atom. The van der Waals surface area contributed by atoms with Crippen LogP contribution in [0.4, 0.5) is 0 Å². The smallest absolute Gasteiger partial charge is 1.00 e. The van der Waals surface area contributed by atoms with E-state index in [9.17, 15) is 4.79 Å². The first-order valence-corrected chi connectivity index (χ1v) is 3.08. The third-order valence-corrected chi connectivity index (χ3v) is 1.52. The van der Waals surface area contributed by atoms with Gasteiger partial charge in [-0.05, 0) is 12.3 Å². The first-order valence-electron chi connectivity index (χ1n) is 3.08. The van der Waals surface area contributed by atoms with Crippen molar-refractivity contribution in [1.29, 1.82) is 0 Å². The van der Waals surface area contributed by atoms with Crippen molar-refractivity contribution in [2.24, 2.45) is 11.7 Å². The van der Waals surface area contributed by atoms with Crippen LogP contribution in [0.15, 0.2) is 12.2 Å². The van der Waals surface area contributed by atoms with Gasteiger partial charge in [-0.25, -0.2) is 0 Å². The van der Waals surface area contributed by atoms with Gasteiger partial charge in [-0.15, -0.1) is 0 Å². The van der Waals surface area contributed by atoms with E-state index >= 15 is 0 Å². The molecule has 0 rings (SSSR count). The standard InChI is InChI=1S/C7H13NO.Na.H/c1-4-5(2)6(3)7(8)9;;/h5H,3-4H2,1-2H3,(H2,8,9);;/q;+1;-1. The van der Waals surface area contributed by atoms with Crippen molar-refractivity contribution >= 4 is 5.91 Å². The predicted molar refractivity (Wildman–Crippen MR) is 38.9 cm³/mol. The van der Waals surface area contributed by atoms with Crippen molar-refractivity contribution in [3.05, 3.63) is 12.2 Å². The van der Waals surface area contributed by atoms with E-state index in [1.807, 2.05) is 13.8 Å². The molecule has 0 saturated carbocycles. The largest absolute Gasteiger partial charge is 1.00 e. The number of carbonyl (C=O) groups is 1. The first kappa shape index (κ1) is 12.8. The minimum Gasteiger partial charge on any atom is -1.00 e. The zero-order valence-electron chi connectivity index (χ0n) is 7.98. The number of hydrogen-bond donors (Lipinski definition) is 1. The molecule has 0 aliphatic carbocycles. The summed E-state index contributed by atoms with van der Waals surface area (Å²) in [6.45, 7) is 7.49. The van der Waals surface area contributed by atoms with Gasteiger partial charge in [-0.2, -0.15) is 0 Å². The third kappa shape index (κ3) is 4.09. The molecule has 3 heteroatoms. The summed E-state index contributed by atoms with van der Waals surface area (Å²) < 4.78 is 0. The minimum absolute atomic E-state index is 0. The van der Waals surface area contributed by atoms with Crippen LogP contribution >= 0.6 is 0 Å². The van der Waals surface area contributed by atoms with Crippen LogP contribution < -0.4 is 35.3 Å². The molecule has 1 amide bonds. The summed E-state index contributed by atoms with van der Waals surface area (Å²) in [7, 11) is 0. The van der Waals surface area contributed by atoms with Gasteiger partial charge in [0.05, 0.1) is 0 Å². The number of carbonyl (C=O) groups excluding carboxylic acids is 1. The van der Waals surface area contributed by atoms with Gasteiger partial charge in [0.1, 0.15) is 0 Å². The van der Waals surface area contributed by atoms with Crippen LogP contribution in [0.2, 0.25) is 0 Å². The van der Waals surface area contributed by atoms with Gasteiger partial charge >= 0.3 is 29.6 Å². The van der Waals surface area contributed by atoms with Gasteiger partial charge in [0, 0.05) is 5.57 Å². The zero-order valence-corrected chi connectivity index (χ0v) is 8.98. The van der Waals surface area contributed by atoms with Gasteiger partial charge < -0.3 is 7.16 Å². The van der Waals surface area contributed by atoms with Crippen molar-refractivity contribution in [1.82, 2.24) is 0 Å². The van der Waals surface area contributed by atoms with Crippen LogP contribution in [0.25, 0.3) is 0 Å². The van der Waals surface area contributed by atoms with Crippen molar-refractivity contribution in [2.45, 2.75) is 20.3 Å². The number of hydrogen-bond acceptors (Lipinski definition) is 1. The Hall–Kier alpha value is 0.210. The summed E-state index contributed by atoms with van der Waals surface area (Å²) in [4.78, 5) is 10.4. The van der Waals surface area contributed by atoms with Gasteiger partial charge in [0.15, 0.2) is 0 Å². The molecule has 0 aromatic rings. The molecule has 0 saturated heterocycles. The number of amides is 1. The summed E-state index contributed by atoms with van der Waals surface area (Å²) in [5, 5.41) is 0. The van der Waals surface area contributed by atoms with E-state index < -0.39 is 0 Å². The maximum Gasteiger partial charge on any atom is 1.00 e. The summed E-state index contributed by atoms with van der Waals surface area (Å²) >= 11 is 0. The SMILES string of the molecule is C=C(C(N)=O)C(C)CC.[H-].[Na+]. The van der Waals surface area contributed by atoms with E-state index in [0.717, 1.165) is 6.42 Å². The Morgan fingerprint density at radius 3 is 2.30 bits per heavy atom. The van der Waals surface area contributed by atoms with E-state index in [4.69, 9.17) is 5.73 Å². The average molecular weight is 151 g/mol. The van der Waals surface area contributed by atoms with Crippen molar-refractivity contribution in [3.8, 4) is 0 Å². The second-order valence-electron chi connectivity index (χ2n) is 2.20. The molecule has 1 unspecified atom stereocenters. The molecular formula is C7H14NNaO. The normalized spacial score (nSPS) is 11.4. The molecule has 1 atom stereocenters. The monoisotopic (exact) mass is 151 g/mol. The summed E-state index contributed by atoms with van der Waals surface area (Å²) in [6.07, 6.45) is 0.918. The predicted octanol–water partition coefficient (Wildman–Crippen LogP) is -1.81. The molecule has 0 heterocycles. The Morgan fingerprint density at radius 1 is 1.80 bits per heavy atom. The molecule has 0 spiro atoms. The average Bonchev–Trinajstić information content (AvgIpc) is 1.84. The molecule has 0 aromatic heterocycles. The van der Waals surface area contributed by atoms with Crippen LogP contribution in [-0.4, -0.2) is 5.91 Å². The molecule has 0 aromatic carbocycles. The topological polar surface area (TPSA) is 43.1 Å². The molecule has 10 heavy (non-hydrogen) atoms.